The fourth-order valence-electron chi connectivity index (χ4n) is 1.89. The highest BCUT2D eigenvalue weighted by Gasteiger charge is 2.13. The van der Waals surface area contributed by atoms with Crippen molar-refractivity contribution < 1.29 is 0 Å². The summed E-state index contributed by atoms with van der Waals surface area (Å²) in [6.45, 7) is 6.57. The zero-order chi connectivity index (χ0) is 10.7. The second-order valence-corrected chi connectivity index (χ2v) is 4.17. The van der Waals surface area contributed by atoms with Crippen molar-refractivity contribution in [2.75, 3.05) is 0 Å². The van der Waals surface area contributed by atoms with Gasteiger partial charge in [0.15, 0.2) is 0 Å². The molecule has 0 radical (unpaired) electrons. The van der Waals surface area contributed by atoms with E-state index in [0.717, 1.165) is 6.42 Å². The van der Waals surface area contributed by atoms with Gasteiger partial charge in [0, 0.05) is 19.3 Å². The van der Waals surface area contributed by atoms with Crippen LogP contribution in [0.3, 0.4) is 0 Å². The number of aryl methyl sites for hydroxylation is 1. The average molecular weight is 193 g/mol. The summed E-state index contributed by atoms with van der Waals surface area (Å²) in [4.78, 5) is 11.4. The molecule has 0 saturated carbocycles. The van der Waals surface area contributed by atoms with Crippen LogP contribution in [-0.4, -0.2) is 4.57 Å². The van der Waals surface area contributed by atoms with E-state index < -0.39 is 0 Å². The standard InChI is InChI=1S/C12H19NO/c1-5-11(9(2)3)10-6-7-13(4)12(14)8-10/h6-9,11H,5H2,1-4H3. The zero-order valence-electron chi connectivity index (χ0n) is 9.45. The number of hydrogen-bond donors (Lipinski definition) is 0. The molecule has 0 aliphatic carbocycles. The lowest BCUT2D eigenvalue weighted by Crippen LogP contribution is -2.17. The predicted octanol–water partition coefficient (Wildman–Crippen LogP) is 2.53. The highest BCUT2D eigenvalue weighted by molar-refractivity contribution is 5.16. The van der Waals surface area contributed by atoms with Crippen molar-refractivity contribution >= 4 is 0 Å². The molecule has 78 valence electrons. The molecule has 1 aromatic rings. The molecule has 0 aromatic carbocycles. The van der Waals surface area contributed by atoms with Gasteiger partial charge in [0.1, 0.15) is 0 Å². The molecule has 1 atom stereocenters. The maximum absolute atomic E-state index is 11.4. The minimum absolute atomic E-state index is 0.0848. The number of aromatic nitrogens is 1. The van der Waals surface area contributed by atoms with Crippen molar-refractivity contribution in [3.05, 3.63) is 34.2 Å². The van der Waals surface area contributed by atoms with Gasteiger partial charge in [-0.1, -0.05) is 20.8 Å². The van der Waals surface area contributed by atoms with Crippen molar-refractivity contribution in [3.63, 3.8) is 0 Å². The molecule has 0 spiro atoms. The van der Waals surface area contributed by atoms with E-state index in [1.165, 1.54) is 5.56 Å². The molecule has 0 N–H and O–H groups in total. The molecule has 2 heteroatoms. The molecule has 0 fully saturated rings. The van der Waals surface area contributed by atoms with Gasteiger partial charge in [-0.05, 0) is 29.9 Å². The van der Waals surface area contributed by atoms with Crippen LogP contribution in [0.2, 0.25) is 0 Å². The Balaban J connectivity index is 3.06. The van der Waals surface area contributed by atoms with Crippen molar-refractivity contribution in [2.24, 2.45) is 13.0 Å². The molecule has 0 saturated heterocycles. The molecule has 1 unspecified atom stereocenters. The average Bonchev–Trinajstić information content (AvgIpc) is 2.11. The van der Waals surface area contributed by atoms with E-state index in [4.69, 9.17) is 0 Å². The summed E-state index contributed by atoms with van der Waals surface area (Å²) >= 11 is 0. The van der Waals surface area contributed by atoms with Gasteiger partial charge in [-0.15, -0.1) is 0 Å². The molecular weight excluding hydrogens is 174 g/mol. The largest absolute Gasteiger partial charge is 0.319 e. The molecule has 1 aromatic heterocycles. The third-order valence-electron chi connectivity index (χ3n) is 2.80. The van der Waals surface area contributed by atoms with Crippen LogP contribution >= 0.6 is 0 Å². The van der Waals surface area contributed by atoms with Gasteiger partial charge in [-0.3, -0.25) is 4.79 Å². The number of rotatable bonds is 3. The normalized spacial score (nSPS) is 13.2. The molecule has 0 amide bonds. The lowest BCUT2D eigenvalue weighted by molar-refractivity contribution is 0.484. The van der Waals surface area contributed by atoms with Crippen LogP contribution < -0.4 is 5.56 Å². The first kappa shape index (κ1) is 11.0. The van der Waals surface area contributed by atoms with Crippen LogP contribution in [-0.2, 0) is 7.05 Å². The quantitative estimate of drug-likeness (QED) is 0.723. The van der Waals surface area contributed by atoms with Gasteiger partial charge >= 0.3 is 0 Å². The minimum Gasteiger partial charge on any atom is -0.319 e. The Labute approximate surface area is 85.6 Å². The molecule has 0 aliphatic rings. The summed E-state index contributed by atoms with van der Waals surface area (Å²) in [5.41, 5.74) is 1.26. The fraction of sp³-hybridized carbons (Fsp3) is 0.583. The van der Waals surface area contributed by atoms with Gasteiger partial charge in [0.25, 0.3) is 5.56 Å². The summed E-state index contributed by atoms with van der Waals surface area (Å²) < 4.78 is 1.61. The molecule has 2 nitrogen and oxygen atoms in total. The Morgan fingerprint density at radius 3 is 2.50 bits per heavy atom. The first-order chi connectivity index (χ1) is 6.56. The van der Waals surface area contributed by atoms with Crippen LogP contribution in [0.4, 0.5) is 0 Å². The molecule has 0 aliphatic heterocycles. The van der Waals surface area contributed by atoms with Gasteiger partial charge in [-0.25, -0.2) is 0 Å². The Bertz CT molecular complexity index is 352. The molecule has 0 bridgehead atoms. The van der Waals surface area contributed by atoms with E-state index in [1.807, 2.05) is 6.20 Å². The first-order valence-corrected chi connectivity index (χ1v) is 5.22. The van der Waals surface area contributed by atoms with Crippen molar-refractivity contribution in [1.82, 2.24) is 4.57 Å². The van der Waals surface area contributed by atoms with E-state index in [2.05, 4.69) is 26.8 Å². The van der Waals surface area contributed by atoms with E-state index in [-0.39, 0.29) is 5.56 Å². The Morgan fingerprint density at radius 2 is 2.07 bits per heavy atom. The Hall–Kier alpha value is -1.05. The highest BCUT2D eigenvalue weighted by Crippen LogP contribution is 2.26. The SMILES string of the molecule is CCC(c1ccn(C)c(=O)c1)C(C)C. The number of hydrogen-bond acceptors (Lipinski definition) is 1. The van der Waals surface area contributed by atoms with Crippen LogP contribution in [0.15, 0.2) is 23.1 Å². The van der Waals surface area contributed by atoms with Gasteiger partial charge in [0.05, 0.1) is 0 Å². The van der Waals surface area contributed by atoms with Crippen molar-refractivity contribution in [3.8, 4) is 0 Å². The molecule has 1 rings (SSSR count). The van der Waals surface area contributed by atoms with E-state index in [0.29, 0.717) is 11.8 Å². The van der Waals surface area contributed by atoms with Crippen LogP contribution in [0.1, 0.15) is 38.7 Å². The van der Waals surface area contributed by atoms with E-state index >= 15 is 0 Å². The van der Waals surface area contributed by atoms with Crippen molar-refractivity contribution in [2.45, 2.75) is 33.1 Å². The van der Waals surface area contributed by atoms with E-state index in [1.54, 1.807) is 17.7 Å². The van der Waals surface area contributed by atoms with Gasteiger partial charge in [-0.2, -0.15) is 0 Å². The van der Waals surface area contributed by atoms with Gasteiger partial charge in [0.2, 0.25) is 0 Å². The van der Waals surface area contributed by atoms with Gasteiger partial charge < -0.3 is 4.57 Å². The third kappa shape index (κ3) is 2.25. The van der Waals surface area contributed by atoms with E-state index in [9.17, 15) is 4.79 Å². The summed E-state index contributed by atoms with van der Waals surface area (Å²) in [5.74, 6) is 1.09. The van der Waals surface area contributed by atoms with Crippen LogP contribution in [0.5, 0.6) is 0 Å². The zero-order valence-corrected chi connectivity index (χ0v) is 9.45. The van der Waals surface area contributed by atoms with Crippen LogP contribution in [0.25, 0.3) is 0 Å². The molecular formula is C12H19NO. The lowest BCUT2D eigenvalue weighted by atomic mass is 9.87. The highest BCUT2D eigenvalue weighted by atomic mass is 16.1. The topological polar surface area (TPSA) is 22.0 Å². The van der Waals surface area contributed by atoms with Crippen LogP contribution in [0, 0.1) is 5.92 Å². The summed E-state index contributed by atoms with van der Waals surface area (Å²) in [6, 6.07) is 3.81. The second-order valence-electron chi connectivity index (χ2n) is 4.17. The maximum atomic E-state index is 11.4. The predicted molar refractivity (Wildman–Crippen MR) is 59.6 cm³/mol. The summed E-state index contributed by atoms with van der Waals surface area (Å²) in [7, 11) is 1.78. The minimum atomic E-state index is 0.0848. The fourth-order valence-corrected chi connectivity index (χ4v) is 1.89. The smallest absolute Gasteiger partial charge is 0.250 e. The lowest BCUT2D eigenvalue weighted by Gasteiger charge is -2.19. The second kappa shape index (κ2) is 4.45. The number of pyridine rings is 1. The Morgan fingerprint density at radius 1 is 1.43 bits per heavy atom. The monoisotopic (exact) mass is 193 g/mol. The number of nitrogens with zero attached hydrogens (tertiary/aromatic N) is 1. The summed E-state index contributed by atoms with van der Waals surface area (Å²) in [5, 5.41) is 0. The Kier molecular flexibility index (Phi) is 3.50. The summed E-state index contributed by atoms with van der Waals surface area (Å²) in [6.07, 6.45) is 2.94. The van der Waals surface area contributed by atoms with Crippen molar-refractivity contribution in [1.29, 1.82) is 0 Å². The maximum Gasteiger partial charge on any atom is 0.250 e. The molecule has 1 heterocycles. The third-order valence-corrected chi connectivity index (χ3v) is 2.80. The first-order valence-electron chi connectivity index (χ1n) is 5.22. The molecule has 14 heavy (non-hydrogen) atoms.